The van der Waals surface area contributed by atoms with E-state index in [-0.39, 0.29) is 5.82 Å². The summed E-state index contributed by atoms with van der Waals surface area (Å²) in [5, 5.41) is 10.8. The largest absolute Gasteiger partial charge is 0.384 e. The van der Waals surface area contributed by atoms with Crippen LogP contribution in [0.1, 0.15) is 45.1 Å². The lowest BCUT2D eigenvalue weighted by atomic mass is 9.74. The van der Waals surface area contributed by atoms with Gasteiger partial charge in [0.2, 0.25) is 0 Å². The molecule has 1 aliphatic heterocycles. The Bertz CT molecular complexity index is 574. The Morgan fingerprint density at radius 3 is 2.53 bits per heavy atom. The third kappa shape index (κ3) is 1.88. The van der Waals surface area contributed by atoms with E-state index in [9.17, 15) is 9.50 Å². The first-order valence-electron chi connectivity index (χ1n) is 6.66. The zero-order chi connectivity index (χ0) is 13.8. The number of hydrogen-bond acceptors (Lipinski definition) is 2. The maximum absolute atomic E-state index is 14.1. The normalized spacial score (nSPS) is 23.3. The summed E-state index contributed by atoms with van der Waals surface area (Å²) in [6.45, 7) is 4.03. The Labute approximate surface area is 120 Å². The third-order valence-electron chi connectivity index (χ3n) is 4.39. The maximum atomic E-state index is 14.1. The molecule has 0 atom stereocenters. The molecule has 0 bridgehead atoms. The number of aliphatic imine (C=N–C) groups is 1. The van der Waals surface area contributed by atoms with Crippen LogP contribution in [-0.2, 0) is 5.41 Å². The minimum Gasteiger partial charge on any atom is -0.384 e. The van der Waals surface area contributed by atoms with Crippen LogP contribution in [0.5, 0.6) is 0 Å². The van der Waals surface area contributed by atoms with E-state index in [1.54, 1.807) is 0 Å². The highest BCUT2D eigenvalue weighted by Crippen LogP contribution is 2.48. The monoisotopic (exact) mass is 325 g/mol. The Balaban J connectivity index is 2.16. The van der Waals surface area contributed by atoms with E-state index in [4.69, 9.17) is 0 Å². The number of benzene rings is 1. The van der Waals surface area contributed by atoms with Crippen LogP contribution in [0.3, 0.4) is 0 Å². The molecule has 4 heteroatoms. The predicted molar refractivity (Wildman–Crippen MR) is 77.6 cm³/mol. The molecule has 2 nitrogen and oxygen atoms in total. The van der Waals surface area contributed by atoms with Gasteiger partial charge in [-0.1, -0.05) is 42.6 Å². The molecule has 1 heterocycles. The van der Waals surface area contributed by atoms with Crippen molar-refractivity contribution in [1.82, 2.24) is 0 Å². The molecular formula is C15H17BrFNO. The van der Waals surface area contributed by atoms with E-state index in [2.05, 4.69) is 20.9 Å². The molecular weight excluding hydrogens is 309 g/mol. The van der Waals surface area contributed by atoms with Gasteiger partial charge in [-0.05, 0) is 30.5 Å². The van der Waals surface area contributed by atoms with Gasteiger partial charge in [0, 0.05) is 9.89 Å². The molecule has 3 rings (SSSR count). The second-order valence-corrected chi connectivity index (χ2v) is 7.02. The van der Waals surface area contributed by atoms with Gasteiger partial charge in [0.05, 0.1) is 5.71 Å². The minimum atomic E-state index is -0.860. The van der Waals surface area contributed by atoms with Gasteiger partial charge in [-0.25, -0.2) is 4.39 Å². The molecule has 0 saturated heterocycles. The summed E-state index contributed by atoms with van der Waals surface area (Å²) in [6, 6.07) is 3.34. The molecule has 1 aromatic carbocycles. The lowest BCUT2D eigenvalue weighted by Crippen LogP contribution is -2.44. The number of halogens is 2. The van der Waals surface area contributed by atoms with Gasteiger partial charge < -0.3 is 5.11 Å². The smallest absolute Gasteiger partial charge is 0.150 e. The molecule has 1 N–H and O–H groups in total. The highest BCUT2D eigenvalue weighted by atomic mass is 79.9. The van der Waals surface area contributed by atoms with Gasteiger partial charge in [-0.3, -0.25) is 4.99 Å². The summed E-state index contributed by atoms with van der Waals surface area (Å²) in [7, 11) is 0. The minimum absolute atomic E-state index is 0.325. The van der Waals surface area contributed by atoms with Crippen LogP contribution < -0.4 is 0 Å². The molecule has 0 aromatic heterocycles. The Kier molecular flexibility index (Phi) is 2.88. The lowest BCUT2D eigenvalue weighted by Gasteiger charge is -2.32. The molecule has 0 unspecified atom stereocenters. The van der Waals surface area contributed by atoms with Crippen molar-refractivity contribution in [2.45, 2.75) is 50.5 Å². The van der Waals surface area contributed by atoms with E-state index < -0.39 is 11.0 Å². The first-order valence-corrected chi connectivity index (χ1v) is 7.45. The molecule has 0 amide bonds. The van der Waals surface area contributed by atoms with E-state index in [0.29, 0.717) is 10.2 Å². The fraction of sp³-hybridized carbons (Fsp3) is 0.533. The second kappa shape index (κ2) is 4.13. The summed E-state index contributed by atoms with van der Waals surface area (Å²) in [5.74, 6) is -0.325. The van der Waals surface area contributed by atoms with Crippen molar-refractivity contribution in [2.24, 2.45) is 4.99 Å². The number of rotatable bonds is 1. The van der Waals surface area contributed by atoms with Crippen molar-refractivity contribution in [3.05, 3.63) is 28.0 Å². The number of fused-ring (bicyclic) bond motifs is 1. The highest BCUT2D eigenvalue weighted by Gasteiger charge is 2.48. The zero-order valence-electron chi connectivity index (χ0n) is 11.1. The quantitative estimate of drug-likeness (QED) is 0.822. The Morgan fingerprint density at radius 1 is 1.26 bits per heavy atom. The topological polar surface area (TPSA) is 32.6 Å². The van der Waals surface area contributed by atoms with Gasteiger partial charge in [0.25, 0.3) is 0 Å². The number of aliphatic hydroxyl groups is 1. The van der Waals surface area contributed by atoms with Crippen LogP contribution >= 0.6 is 15.9 Å². The number of nitrogens with zero attached hydrogens (tertiary/aromatic N) is 1. The van der Waals surface area contributed by atoms with Gasteiger partial charge in [-0.15, -0.1) is 0 Å². The first kappa shape index (κ1) is 13.3. The molecule has 102 valence electrons. The molecule has 1 aliphatic carbocycles. The molecule has 0 radical (unpaired) electrons. The van der Waals surface area contributed by atoms with Crippen molar-refractivity contribution in [3.8, 4) is 0 Å². The van der Waals surface area contributed by atoms with Crippen LogP contribution in [0.4, 0.5) is 10.1 Å². The van der Waals surface area contributed by atoms with E-state index in [0.717, 1.165) is 37.0 Å². The van der Waals surface area contributed by atoms with Crippen LogP contribution in [-0.4, -0.2) is 16.4 Å². The summed E-state index contributed by atoms with van der Waals surface area (Å²) >= 11 is 3.33. The van der Waals surface area contributed by atoms with Crippen molar-refractivity contribution in [3.63, 3.8) is 0 Å². The van der Waals surface area contributed by atoms with Crippen molar-refractivity contribution in [2.75, 3.05) is 0 Å². The van der Waals surface area contributed by atoms with Crippen LogP contribution in [0.25, 0.3) is 0 Å². The van der Waals surface area contributed by atoms with Crippen LogP contribution in [0.15, 0.2) is 21.6 Å². The molecule has 1 fully saturated rings. The predicted octanol–water partition coefficient (Wildman–Crippen LogP) is 4.26. The summed E-state index contributed by atoms with van der Waals surface area (Å²) in [6.07, 6.45) is 3.47. The average molecular weight is 326 g/mol. The molecule has 19 heavy (non-hydrogen) atoms. The fourth-order valence-electron chi connectivity index (χ4n) is 3.42. The highest BCUT2D eigenvalue weighted by molar-refractivity contribution is 9.10. The molecule has 1 saturated carbocycles. The second-order valence-electron chi connectivity index (χ2n) is 6.11. The van der Waals surface area contributed by atoms with Gasteiger partial charge in [-0.2, -0.15) is 0 Å². The molecule has 2 aliphatic rings. The van der Waals surface area contributed by atoms with Gasteiger partial charge >= 0.3 is 0 Å². The molecule has 0 spiro atoms. The lowest BCUT2D eigenvalue weighted by molar-refractivity contribution is 0.114. The van der Waals surface area contributed by atoms with E-state index in [1.807, 2.05) is 19.9 Å². The van der Waals surface area contributed by atoms with Gasteiger partial charge in [0.1, 0.15) is 17.1 Å². The van der Waals surface area contributed by atoms with Crippen LogP contribution in [0, 0.1) is 5.82 Å². The number of hydrogen-bond donors (Lipinski definition) is 1. The maximum Gasteiger partial charge on any atom is 0.150 e. The average Bonchev–Trinajstić information content (AvgIpc) is 2.84. The summed E-state index contributed by atoms with van der Waals surface area (Å²) in [5.41, 5.74) is 0.697. The Morgan fingerprint density at radius 2 is 1.89 bits per heavy atom. The van der Waals surface area contributed by atoms with Crippen LogP contribution in [0.2, 0.25) is 0 Å². The van der Waals surface area contributed by atoms with Crippen molar-refractivity contribution in [1.29, 1.82) is 0 Å². The van der Waals surface area contributed by atoms with Crippen molar-refractivity contribution < 1.29 is 9.50 Å². The SMILES string of the molecule is CC1(C)C(C2(O)CCCC2)=Nc2c(F)cc(Br)cc21. The standard InChI is InChI=1S/C15H17BrFNO/c1-14(2)10-7-9(16)8-11(17)12(10)18-13(14)15(19)5-3-4-6-15/h7-8,19H,3-6H2,1-2H3. The first-order chi connectivity index (χ1) is 8.84. The van der Waals surface area contributed by atoms with Gasteiger partial charge in [0.15, 0.2) is 0 Å². The Hall–Kier alpha value is -0.740. The van der Waals surface area contributed by atoms with E-state index in [1.165, 1.54) is 6.07 Å². The summed E-state index contributed by atoms with van der Waals surface area (Å²) < 4.78 is 14.8. The third-order valence-corrected chi connectivity index (χ3v) is 4.85. The van der Waals surface area contributed by atoms with Crippen molar-refractivity contribution >= 4 is 27.3 Å². The fourth-order valence-corrected chi connectivity index (χ4v) is 3.85. The zero-order valence-corrected chi connectivity index (χ0v) is 12.7. The summed E-state index contributed by atoms with van der Waals surface area (Å²) in [4.78, 5) is 4.47. The van der Waals surface area contributed by atoms with E-state index >= 15 is 0 Å². The molecule has 1 aromatic rings.